The van der Waals surface area contributed by atoms with Crippen LogP contribution in [-0.4, -0.2) is 88.0 Å². The van der Waals surface area contributed by atoms with Crippen molar-refractivity contribution in [3.8, 4) is 0 Å². The molecule has 0 aliphatic heterocycles. The Hall–Kier alpha value is 3.45. The van der Waals surface area contributed by atoms with Gasteiger partial charge < -0.3 is 0 Å². The van der Waals surface area contributed by atoms with Crippen molar-refractivity contribution in [3.63, 3.8) is 0 Å². The predicted molar refractivity (Wildman–Crippen MR) is 63.6 cm³/mol. The van der Waals surface area contributed by atoms with Gasteiger partial charge in [-0.05, 0) is 0 Å². The van der Waals surface area contributed by atoms with E-state index in [1.807, 2.05) is 0 Å². The Labute approximate surface area is 108 Å². The molecule has 0 fully saturated rings. The predicted octanol–water partition coefficient (Wildman–Crippen LogP) is -8.60. The Kier molecular flexibility index (Phi) is 372. The van der Waals surface area contributed by atoms with Crippen LogP contribution in [0.25, 0.3) is 0 Å². The van der Waals surface area contributed by atoms with Crippen LogP contribution in [0, 0.1) is 0 Å². The monoisotopic (exact) mass is 576 g/mol. The number of rotatable bonds is 0. The molecule has 0 spiro atoms. The molecule has 0 rings (SSSR count). The summed E-state index contributed by atoms with van der Waals surface area (Å²) in [5.41, 5.74) is 0. The molecular formula is H25Ge5Ta. The van der Waals surface area contributed by atoms with E-state index in [9.17, 15) is 0 Å². The van der Waals surface area contributed by atoms with Crippen LogP contribution in [0.3, 0.4) is 0 Å². The molecule has 0 aromatic rings. The topological polar surface area (TPSA) is 0 Å². The van der Waals surface area contributed by atoms with Crippen molar-refractivity contribution in [2.45, 2.75) is 0 Å². The first-order chi connectivity index (χ1) is 0. The Morgan fingerprint density at radius 3 is 0.333 bits per heavy atom. The Bertz CT molecular complexity index is 3.90. The van der Waals surface area contributed by atoms with Crippen LogP contribution in [0.1, 0.15) is 0 Å². The van der Waals surface area contributed by atoms with Crippen LogP contribution in [0.4, 0.5) is 0 Å². The summed E-state index contributed by atoms with van der Waals surface area (Å²) < 4.78 is 0. The second-order valence-electron chi connectivity index (χ2n) is 0. The zero-order valence-corrected chi connectivity index (χ0v) is 3.66. The second-order valence-corrected chi connectivity index (χ2v) is 0. The molecule has 0 heterocycles. The molecule has 0 nitrogen and oxygen atoms in total. The standard InChI is InChI=1S/5GeH5.Ta/h5*1H5;/q5*-1;+5. The Balaban J connectivity index is 0. The average molecular weight is 569 g/mol. The molecule has 0 aromatic heterocycles. The van der Waals surface area contributed by atoms with E-state index in [0.717, 1.165) is 0 Å². The molecule has 0 aliphatic rings. The van der Waals surface area contributed by atoms with E-state index in [0.29, 0.717) is 0 Å². The molecule has 0 aromatic carbocycles. The fourth-order valence-corrected chi connectivity index (χ4v) is 0. The van der Waals surface area contributed by atoms with Gasteiger partial charge in [0.2, 0.25) is 0 Å². The molecule has 0 aliphatic carbocycles. The zero-order chi connectivity index (χ0) is 0. The first-order valence-electron chi connectivity index (χ1n) is 0. The third-order valence-corrected chi connectivity index (χ3v) is 0. The van der Waals surface area contributed by atoms with Gasteiger partial charge in [-0.25, -0.2) is 0 Å². The minimum absolute atomic E-state index is 0. The van der Waals surface area contributed by atoms with Crippen molar-refractivity contribution in [2.75, 3.05) is 0 Å². The summed E-state index contributed by atoms with van der Waals surface area (Å²) >= 11 is 0. The van der Waals surface area contributed by atoms with Crippen molar-refractivity contribution in [1.82, 2.24) is 0 Å². The summed E-state index contributed by atoms with van der Waals surface area (Å²) in [6, 6.07) is 0. The van der Waals surface area contributed by atoms with Gasteiger partial charge in [-0.15, -0.1) is 0 Å². The van der Waals surface area contributed by atoms with Crippen molar-refractivity contribution >= 4 is 88.0 Å². The second kappa shape index (κ2) is 39.4. The number of hydrogen-bond donors (Lipinski definition) is 0. The minimum Gasteiger partial charge on any atom is 5.00 e. The van der Waals surface area contributed by atoms with Gasteiger partial charge in [-0.2, -0.15) is 0 Å². The van der Waals surface area contributed by atoms with E-state index >= 15 is 0 Å². The Morgan fingerprint density at radius 2 is 0.333 bits per heavy atom. The van der Waals surface area contributed by atoms with Gasteiger partial charge in [0.25, 0.3) is 0 Å². The van der Waals surface area contributed by atoms with Crippen LogP contribution in [-0.2, 0) is 22.4 Å². The van der Waals surface area contributed by atoms with E-state index in [4.69, 9.17) is 0 Å². The van der Waals surface area contributed by atoms with Gasteiger partial charge >= 0.3 is 110 Å². The maximum absolute atomic E-state index is 0. The quantitative estimate of drug-likeness (QED) is 0.255. The maximum Gasteiger partial charge on any atom is 5.00 e. The van der Waals surface area contributed by atoms with Crippen molar-refractivity contribution in [1.29, 1.82) is 0 Å². The molecule has 6 heavy (non-hydrogen) atoms. The molecule has 0 N–H and O–H groups in total. The van der Waals surface area contributed by atoms with E-state index < -0.39 is 0 Å². The van der Waals surface area contributed by atoms with Crippen LogP contribution in [0.2, 0.25) is 0 Å². The van der Waals surface area contributed by atoms with Gasteiger partial charge in [-0.3, -0.25) is 0 Å². The van der Waals surface area contributed by atoms with Crippen molar-refractivity contribution in [3.05, 3.63) is 0 Å². The van der Waals surface area contributed by atoms with Crippen LogP contribution < -0.4 is 0 Å². The number of hydrogen-bond acceptors (Lipinski definition) is 0. The first kappa shape index (κ1) is 56.6. The molecule has 0 saturated carbocycles. The van der Waals surface area contributed by atoms with Gasteiger partial charge in [0.15, 0.2) is 0 Å². The van der Waals surface area contributed by atoms with Crippen LogP contribution in [0.5, 0.6) is 0 Å². The molecule has 0 amide bonds. The fraction of sp³-hybridized carbons (Fsp3) is 0. The van der Waals surface area contributed by atoms with E-state index in [1.54, 1.807) is 0 Å². The van der Waals surface area contributed by atoms with Crippen molar-refractivity contribution < 1.29 is 22.4 Å². The third-order valence-electron chi connectivity index (χ3n) is 0. The molecular weight excluding hydrogens is 544 g/mol. The van der Waals surface area contributed by atoms with Gasteiger partial charge in [0.05, 0.1) is 0 Å². The van der Waals surface area contributed by atoms with Crippen molar-refractivity contribution in [2.24, 2.45) is 0 Å². The van der Waals surface area contributed by atoms with Gasteiger partial charge in [0.1, 0.15) is 0 Å². The van der Waals surface area contributed by atoms with Crippen LogP contribution >= 0.6 is 0 Å². The van der Waals surface area contributed by atoms with Crippen LogP contribution in [0.15, 0.2) is 0 Å². The van der Waals surface area contributed by atoms with E-state index in [1.165, 1.54) is 0 Å². The zero-order valence-electron chi connectivity index (χ0n) is 0.447. The summed E-state index contributed by atoms with van der Waals surface area (Å²) in [4.78, 5) is 0. The normalized spacial score (nSPS) is 0. The average Bonchev–Trinajstić information content (AvgIpc) is 0. The first-order valence-corrected chi connectivity index (χ1v) is 0. The molecule has 6 heteroatoms. The summed E-state index contributed by atoms with van der Waals surface area (Å²) in [7, 11) is 0. The SMILES string of the molecule is [GeH5-].[GeH5-].[GeH5-].[GeH5-].[GeH5-].[Ta+5]. The molecule has 50 valence electrons. The minimum atomic E-state index is 0. The molecule has 0 unspecified atom stereocenters. The smallest absolute Gasteiger partial charge is 5.00 e. The molecule has 0 saturated heterocycles. The molecule has 0 atom stereocenters. The van der Waals surface area contributed by atoms with E-state index in [-0.39, 0.29) is 110 Å². The van der Waals surface area contributed by atoms with Gasteiger partial charge in [-0.1, -0.05) is 0 Å². The van der Waals surface area contributed by atoms with Gasteiger partial charge in [0, 0.05) is 0 Å². The Morgan fingerprint density at radius 1 is 0.333 bits per heavy atom. The van der Waals surface area contributed by atoms with E-state index in [2.05, 4.69) is 0 Å². The maximum atomic E-state index is 0. The summed E-state index contributed by atoms with van der Waals surface area (Å²) in [6.07, 6.45) is 0. The largest absolute Gasteiger partial charge is 5.00 e. The molecule has 0 bridgehead atoms. The summed E-state index contributed by atoms with van der Waals surface area (Å²) in [5.74, 6) is 0. The fourth-order valence-electron chi connectivity index (χ4n) is 0. The molecule has 0 radical (unpaired) electrons. The summed E-state index contributed by atoms with van der Waals surface area (Å²) in [6.45, 7) is 0. The summed E-state index contributed by atoms with van der Waals surface area (Å²) in [5, 5.41) is 0. The third kappa shape index (κ3) is 26.0.